The van der Waals surface area contributed by atoms with Gasteiger partial charge >= 0.3 is 5.97 Å². The molecule has 0 aromatic heterocycles. The number of esters is 1. The average Bonchev–Trinajstić information content (AvgIpc) is 2.93. The van der Waals surface area contributed by atoms with Gasteiger partial charge in [-0.2, -0.15) is 0 Å². The summed E-state index contributed by atoms with van der Waals surface area (Å²) in [6.45, 7) is 8.77. The van der Waals surface area contributed by atoms with Gasteiger partial charge in [0.25, 0.3) is 0 Å². The molecule has 0 amide bonds. The highest BCUT2D eigenvalue weighted by Gasteiger charge is 2.22. The number of carbonyl (C=O) groups excluding carboxylic acids is 1. The zero-order valence-electron chi connectivity index (χ0n) is 18.1. The standard InChI is InChI=1S/C25H33N3O2/c1-2-30-25(29)20-27-18-16-26(17-19-27)14-7-15-28-23-10-5-3-8-21(23)12-13-22-9-4-6-11-24(22)28/h3-6,8-11H,2,7,12-20H2,1H3. The minimum atomic E-state index is -0.107. The van der Waals surface area contributed by atoms with E-state index in [1.165, 1.54) is 22.5 Å². The second-order valence-electron chi connectivity index (χ2n) is 8.19. The van der Waals surface area contributed by atoms with Crippen molar-refractivity contribution in [2.24, 2.45) is 0 Å². The van der Waals surface area contributed by atoms with Crippen LogP contribution in [0.1, 0.15) is 24.5 Å². The monoisotopic (exact) mass is 407 g/mol. The molecule has 0 N–H and O–H groups in total. The van der Waals surface area contributed by atoms with E-state index in [-0.39, 0.29) is 5.97 Å². The second kappa shape index (κ2) is 10.1. The van der Waals surface area contributed by atoms with Crippen molar-refractivity contribution in [3.63, 3.8) is 0 Å². The molecular formula is C25H33N3O2. The van der Waals surface area contributed by atoms with Gasteiger partial charge in [0.1, 0.15) is 0 Å². The Balaban J connectivity index is 1.33. The molecule has 5 heteroatoms. The SMILES string of the molecule is CCOC(=O)CN1CCN(CCCN2c3ccccc3CCc3ccccc32)CC1. The summed E-state index contributed by atoms with van der Waals surface area (Å²) in [5, 5.41) is 0. The van der Waals surface area contributed by atoms with Crippen molar-refractivity contribution in [2.45, 2.75) is 26.2 Å². The number of hydrogen-bond acceptors (Lipinski definition) is 5. The normalized spacial score (nSPS) is 17.2. The number of aryl methyl sites for hydroxylation is 2. The lowest BCUT2D eigenvalue weighted by atomic mass is 10.0. The quantitative estimate of drug-likeness (QED) is 0.657. The zero-order valence-corrected chi connectivity index (χ0v) is 18.1. The van der Waals surface area contributed by atoms with Crippen LogP contribution in [0.4, 0.5) is 11.4 Å². The van der Waals surface area contributed by atoms with Gasteiger partial charge in [0.05, 0.1) is 13.2 Å². The Labute approximate surface area is 180 Å². The maximum Gasteiger partial charge on any atom is 0.320 e. The molecule has 0 saturated carbocycles. The Bertz CT molecular complexity index is 798. The molecule has 160 valence electrons. The van der Waals surface area contributed by atoms with Crippen LogP contribution >= 0.6 is 0 Å². The third-order valence-corrected chi connectivity index (χ3v) is 6.21. The van der Waals surface area contributed by atoms with Gasteiger partial charge in [-0.1, -0.05) is 36.4 Å². The first-order valence-electron chi connectivity index (χ1n) is 11.3. The molecule has 0 unspecified atom stereocenters. The lowest BCUT2D eigenvalue weighted by Gasteiger charge is -2.34. The fourth-order valence-electron chi connectivity index (χ4n) is 4.62. The maximum atomic E-state index is 11.7. The van der Waals surface area contributed by atoms with Gasteiger partial charge in [0, 0.05) is 44.1 Å². The zero-order chi connectivity index (χ0) is 20.8. The van der Waals surface area contributed by atoms with E-state index in [9.17, 15) is 4.79 Å². The minimum Gasteiger partial charge on any atom is -0.465 e. The molecule has 2 aromatic rings. The van der Waals surface area contributed by atoms with Gasteiger partial charge in [0.2, 0.25) is 0 Å². The summed E-state index contributed by atoms with van der Waals surface area (Å²) < 4.78 is 5.07. The van der Waals surface area contributed by atoms with Gasteiger partial charge in [-0.05, 0) is 56.0 Å². The van der Waals surface area contributed by atoms with Gasteiger partial charge in [-0.25, -0.2) is 0 Å². The number of hydrogen-bond donors (Lipinski definition) is 0. The Kier molecular flexibility index (Phi) is 7.03. The van der Waals surface area contributed by atoms with Crippen molar-refractivity contribution in [3.05, 3.63) is 59.7 Å². The largest absolute Gasteiger partial charge is 0.465 e. The lowest BCUT2D eigenvalue weighted by Crippen LogP contribution is -2.48. The van der Waals surface area contributed by atoms with Gasteiger partial charge in [-0.15, -0.1) is 0 Å². The van der Waals surface area contributed by atoms with E-state index < -0.39 is 0 Å². The molecule has 2 aromatic carbocycles. The van der Waals surface area contributed by atoms with E-state index in [2.05, 4.69) is 63.2 Å². The van der Waals surface area contributed by atoms with Crippen molar-refractivity contribution in [2.75, 3.05) is 57.3 Å². The maximum absolute atomic E-state index is 11.7. The Morgan fingerprint density at radius 1 is 0.833 bits per heavy atom. The first-order chi connectivity index (χ1) is 14.7. The summed E-state index contributed by atoms with van der Waals surface area (Å²) in [4.78, 5) is 18.9. The van der Waals surface area contributed by atoms with E-state index in [1.807, 2.05) is 6.92 Å². The summed E-state index contributed by atoms with van der Waals surface area (Å²) in [7, 11) is 0. The van der Waals surface area contributed by atoms with Crippen molar-refractivity contribution in [1.82, 2.24) is 9.80 Å². The molecule has 0 bridgehead atoms. The minimum absolute atomic E-state index is 0.107. The van der Waals surface area contributed by atoms with Crippen LogP contribution in [-0.4, -0.2) is 68.2 Å². The number of nitrogens with zero attached hydrogens (tertiary/aromatic N) is 3. The van der Waals surface area contributed by atoms with Gasteiger partial charge in [0.15, 0.2) is 0 Å². The van der Waals surface area contributed by atoms with Gasteiger partial charge < -0.3 is 14.5 Å². The predicted octanol–water partition coefficient (Wildman–Crippen LogP) is 3.49. The van der Waals surface area contributed by atoms with Crippen LogP contribution < -0.4 is 4.90 Å². The van der Waals surface area contributed by atoms with Crippen molar-refractivity contribution in [3.8, 4) is 0 Å². The number of piperazine rings is 1. The van der Waals surface area contributed by atoms with Crippen molar-refractivity contribution < 1.29 is 9.53 Å². The number of anilines is 2. The summed E-state index contributed by atoms with van der Waals surface area (Å²) in [6.07, 6.45) is 3.33. The van der Waals surface area contributed by atoms with Crippen LogP contribution in [0, 0.1) is 0 Å². The number of carbonyl (C=O) groups is 1. The molecule has 1 saturated heterocycles. The molecule has 0 spiro atoms. The van der Waals surface area contributed by atoms with E-state index in [0.717, 1.165) is 58.5 Å². The topological polar surface area (TPSA) is 36.0 Å². The number of ether oxygens (including phenoxy) is 1. The Morgan fingerprint density at radius 2 is 1.40 bits per heavy atom. The predicted molar refractivity (Wildman–Crippen MR) is 121 cm³/mol. The fraction of sp³-hybridized carbons (Fsp3) is 0.480. The summed E-state index contributed by atoms with van der Waals surface area (Å²) in [6, 6.07) is 17.7. The summed E-state index contributed by atoms with van der Waals surface area (Å²) in [5.41, 5.74) is 5.62. The van der Waals surface area contributed by atoms with Crippen LogP contribution in [0.5, 0.6) is 0 Å². The first kappa shape index (κ1) is 20.9. The Hall–Kier alpha value is -2.37. The van der Waals surface area contributed by atoms with Crippen LogP contribution in [0.3, 0.4) is 0 Å². The molecule has 2 aliphatic heterocycles. The van der Waals surface area contributed by atoms with Crippen LogP contribution in [-0.2, 0) is 22.4 Å². The van der Waals surface area contributed by atoms with E-state index in [1.54, 1.807) is 0 Å². The second-order valence-corrected chi connectivity index (χ2v) is 8.19. The number of rotatable bonds is 7. The van der Waals surface area contributed by atoms with E-state index in [0.29, 0.717) is 13.2 Å². The molecule has 2 aliphatic rings. The highest BCUT2D eigenvalue weighted by Crippen LogP contribution is 2.35. The number of fused-ring (bicyclic) bond motifs is 2. The number of benzene rings is 2. The van der Waals surface area contributed by atoms with Crippen LogP contribution in [0.25, 0.3) is 0 Å². The lowest BCUT2D eigenvalue weighted by molar-refractivity contribution is -0.144. The summed E-state index contributed by atoms with van der Waals surface area (Å²) in [5.74, 6) is -0.107. The fourth-order valence-corrected chi connectivity index (χ4v) is 4.62. The van der Waals surface area contributed by atoms with Crippen LogP contribution in [0.2, 0.25) is 0 Å². The van der Waals surface area contributed by atoms with Crippen molar-refractivity contribution >= 4 is 17.3 Å². The highest BCUT2D eigenvalue weighted by molar-refractivity contribution is 5.72. The molecule has 4 rings (SSSR count). The third kappa shape index (κ3) is 5.02. The molecule has 30 heavy (non-hydrogen) atoms. The molecular weight excluding hydrogens is 374 g/mol. The molecule has 2 heterocycles. The van der Waals surface area contributed by atoms with E-state index in [4.69, 9.17) is 4.74 Å². The molecule has 0 atom stereocenters. The molecule has 1 fully saturated rings. The van der Waals surface area contributed by atoms with Crippen LogP contribution in [0.15, 0.2) is 48.5 Å². The molecule has 0 aliphatic carbocycles. The smallest absolute Gasteiger partial charge is 0.320 e. The van der Waals surface area contributed by atoms with Crippen molar-refractivity contribution in [1.29, 1.82) is 0 Å². The summed E-state index contributed by atoms with van der Waals surface area (Å²) >= 11 is 0. The third-order valence-electron chi connectivity index (χ3n) is 6.21. The average molecular weight is 408 g/mol. The molecule has 0 radical (unpaired) electrons. The number of para-hydroxylation sites is 2. The molecule has 5 nitrogen and oxygen atoms in total. The highest BCUT2D eigenvalue weighted by atomic mass is 16.5. The van der Waals surface area contributed by atoms with E-state index >= 15 is 0 Å². The van der Waals surface area contributed by atoms with Gasteiger partial charge in [-0.3, -0.25) is 9.69 Å². The Morgan fingerprint density at radius 3 is 2.00 bits per heavy atom. The first-order valence-corrected chi connectivity index (χ1v) is 11.3.